The Labute approximate surface area is 273 Å². The van der Waals surface area contributed by atoms with Crippen LogP contribution in [0.3, 0.4) is 0 Å². The van der Waals surface area contributed by atoms with E-state index in [4.69, 9.17) is 9.47 Å². The smallest absolute Gasteiger partial charge is 0.306 e. The molecule has 0 aliphatic carbocycles. The molecule has 0 saturated heterocycles. The van der Waals surface area contributed by atoms with Gasteiger partial charge in [-0.2, -0.15) is 0 Å². The van der Waals surface area contributed by atoms with Gasteiger partial charge in [0, 0.05) is 12.8 Å². The third-order valence-corrected chi connectivity index (χ3v) is 8.56. The second-order valence-electron chi connectivity index (χ2n) is 13.0. The molecule has 0 heterocycles. The average molecular weight is 623 g/mol. The first-order valence-electron chi connectivity index (χ1n) is 19.2. The summed E-state index contributed by atoms with van der Waals surface area (Å²) in [7, 11) is 0. The molecule has 0 aromatic heterocycles. The maximum absolute atomic E-state index is 12.1. The summed E-state index contributed by atoms with van der Waals surface area (Å²) in [6.07, 6.45) is 39.8. The highest BCUT2D eigenvalue weighted by Gasteiger charge is 2.16. The van der Waals surface area contributed by atoms with Crippen LogP contribution in [-0.4, -0.2) is 36.4 Å². The quantitative estimate of drug-likeness (QED) is 0.0432. The van der Waals surface area contributed by atoms with Crippen molar-refractivity contribution in [2.45, 2.75) is 213 Å². The van der Waals surface area contributed by atoms with E-state index in [1.807, 2.05) is 0 Å². The molecule has 0 aliphatic heterocycles. The third-order valence-electron chi connectivity index (χ3n) is 8.56. The highest BCUT2D eigenvalue weighted by Crippen LogP contribution is 2.15. The molecule has 0 rings (SSSR count). The molecule has 0 saturated carbocycles. The van der Waals surface area contributed by atoms with Crippen LogP contribution >= 0.6 is 0 Å². The van der Waals surface area contributed by atoms with Crippen LogP contribution in [0.15, 0.2) is 12.2 Å². The maximum Gasteiger partial charge on any atom is 0.306 e. The molecule has 0 unspecified atom stereocenters. The van der Waals surface area contributed by atoms with Gasteiger partial charge in [-0.1, -0.05) is 167 Å². The van der Waals surface area contributed by atoms with Crippen molar-refractivity contribution in [3.63, 3.8) is 0 Å². The molecule has 5 heteroatoms. The van der Waals surface area contributed by atoms with Gasteiger partial charge in [-0.05, 0) is 38.5 Å². The summed E-state index contributed by atoms with van der Waals surface area (Å²) in [6.45, 7) is 4.13. The molecule has 44 heavy (non-hydrogen) atoms. The summed E-state index contributed by atoms with van der Waals surface area (Å²) in [6, 6.07) is 0. The number of carbonyl (C=O) groups excluding carboxylic acids is 2. The van der Waals surface area contributed by atoms with Crippen LogP contribution in [0.4, 0.5) is 0 Å². The predicted octanol–water partition coefficient (Wildman–Crippen LogP) is 11.7. The summed E-state index contributed by atoms with van der Waals surface area (Å²) in [5, 5.41) is 9.53. The fourth-order valence-electron chi connectivity index (χ4n) is 5.61. The van der Waals surface area contributed by atoms with Gasteiger partial charge in [0.05, 0.1) is 6.61 Å². The normalized spacial score (nSPS) is 12.2. The Morgan fingerprint density at radius 2 is 0.841 bits per heavy atom. The van der Waals surface area contributed by atoms with Gasteiger partial charge in [0.15, 0.2) is 6.10 Å². The Balaban J connectivity index is 3.52. The first kappa shape index (κ1) is 42.6. The van der Waals surface area contributed by atoms with E-state index in [-0.39, 0.29) is 25.2 Å². The molecule has 0 aromatic carbocycles. The van der Waals surface area contributed by atoms with E-state index in [0.29, 0.717) is 12.8 Å². The van der Waals surface area contributed by atoms with Gasteiger partial charge in [-0.3, -0.25) is 9.59 Å². The second-order valence-corrected chi connectivity index (χ2v) is 13.0. The number of unbranched alkanes of at least 4 members (excludes halogenated alkanes) is 25. The topological polar surface area (TPSA) is 72.8 Å². The van der Waals surface area contributed by atoms with Crippen LogP contribution < -0.4 is 0 Å². The summed E-state index contributed by atoms with van der Waals surface area (Å²) >= 11 is 0. The highest BCUT2D eigenvalue weighted by molar-refractivity contribution is 5.70. The summed E-state index contributed by atoms with van der Waals surface area (Å²) < 4.78 is 10.6. The number of aliphatic hydroxyl groups excluding tert-OH is 1. The Hall–Kier alpha value is -1.36. The Bertz CT molecular complexity index is 632. The number of allylic oxidation sites excluding steroid dienone is 2. The van der Waals surface area contributed by atoms with Crippen LogP contribution in [0.5, 0.6) is 0 Å². The van der Waals surface area contributed by atoms with Crippen molar-refractivity contribution in [3.05, 3.63) is 12.2 Å². The number of aliphatic hydroxyl groups is 1. The number of hydrogen-bond acceptors (Lipinski definition) is 5. The second kappa shape index (κ2) is 36.1. The first-order chi connectivity index (χ1) is 21.6. The van der Waals surface area contributed by atoms with Crippen molar-refractivity contribution >= 4 is 11.9 Å². The lowest BCUT2D eigenvalue weighted by molar-refractivity contribution is -0.161. The molecule has 0 fully saturated rings. The fourth-order valence-corrected chi connectivity index (χ4v) is 5.61. The van der Waals surface area contributed by atoms with Gasteiger partial charge >= 0.3 is 11.9 Å². The number of ether oxygens (including phenoxy) is 2. The minimum atomic E-state index is -0.767. The van der Waals surface area contributed by atoms with Gasteiger partial charge in [-0.15, -0.1) is 0 Å². The largest absolute Gasteiger partial charge is 0.462 e. The van der Waals surface area contributed by atoms with E-state index in [2.05, 4.69) is 26.0 Å². The average Bonchev–Trinajstić information content (AvgIpc) is 3.02. The van der Waals surface area contributed by atoms with E-state index < -0.39 is 6.10 Å². The van der Waals surface area contributed by atoms with Crippen molar-refractivity contribution in [3.8, 4) is 0 Å². The molecule has 260 valence electrons. The molecule has 5 nitrogen and oxygen atoms in total. The lowest BCUT2D eigenvalue weighted by atomic mass is 10.0. The van der Waals surface area contributed by atoms with Crippen molar-refractivity contribution in [2.24, 2.45) is 0 Å². The zero-order valence-corrected chi connectivity index (χ0v) is 29.4. The molecule has 0 aromatic rings. The monoisotopic (exact) mass is 623 g/mol. The lowest BCUT2D eigenvalue weighted by Crippen LogP contribution is -2.28. The van der Waals surface area contributed by atoms with Gasteiger partial charge in [0.25, 0.3) is 0 Å². The minimum Gasteiger partial charge on any atom is -0.462 e. The van der Waals surface area contributed by atoms with Crippen molar-refractivity contribution in [2.75, 3.05) is 13.2 Å². The van der Waals surface area contributed by atoms with Crippen molar-refractivity contribution in [1.29, 1.82) is 0 Å². The highest BCUT2D eigenvalue weighted by atomic mass is 16.6. The Morgan fingerprint density at radius 3 is 1.25 bits per heavy atom. The number of hydrogen-bond donors (Lipinski definition) is 1. The Kier molecular flexibility index (Phi) is 35.0. The number of rotatable bonds is 35. The zero-order chi connectivity index (χ0) is 32.2. The van der Waals surface area contributed by atoms with Gasteiger partial charge in [0.2, 0.25) is 0 Å². The molecule has 0 radical (unpaired) electrons. The van der Waals surface area contributed by atoms with E-state index in [1.165, 1.54) is 135 Å². The lowest BCUT2D eigenvalue weighted by Gasteiger charge is -2.15. The van der Waals surface area contributed by atoms with Crippen LogP contribution in [0, 0.1) is 0 Å². The zero-order valence-electron chi connectivity index (χ0n) is 29.4. The summed E-state index contributed by atoms with van der Waals surface area (Å²) in [4.78, 5) is 24.2. The first-order valence-corrected chi connectivity index (χ1v) is 19.2. The van der Waals surface area contributed by atoms with Crippen molar-refractivity contribution < 1.29 is 24.2 Å². The predicted molar refractivity (Wildman–Crippen MR) is 187 cm³/mol. The summed E-state index contributed by atoms with van der Waals surface area (Å²) in [5.41, 5.74) is 0. The van der Waals surface area contributed by atoms with E-state index >= 15 is 0 Å². The maximum atomic E-state index is 12.1. The van der Waals surface area contributed by atoms with Crippen LogP contribution in [0.2, 0.25) is 0 Å². The van der Waals surface area contributed by atoms with Crippen molar-refractivity contribution in [1.82, 2.24) is 0 Å². The molecular formula is C39H74O5. The Morgan fingerprint density at radius 1 is 0.500 bits per heavy atom. The molecular weight excluding hydrogens is 548 g/mol. The number of carbonyl (C=O) groups is 2. The molecule has 1 N–H and O–H groups in total. The molecule has 0 spiro atoms. The minimum absolute atomic E-state index is 0.0646. The van der Waals surface area contributed by atoms with Crippen LogP contribution in [0.25, 0.3) is 0 Å². The standard InChI is InChI=1S/C39H74O5/c1-3-5-7-9-11-13-15-17-18-19-20-22-24-26-28-30-32-34-39(42)44-37(35-40)36-43-38(41)33-31-29-27-25-23-21-16-14-12-10-8-6-4-2/h14,16,37,40H,3-13,15,17-36H2,1-2H3/t37-/m0/s1. The van der Waals surface area contributed by atoms with Crippen LogP contribution in [-0.2, 0) is 19.1 Å². The van der Waals surface area contributed by atoms with Gasteiger partial charge in [0.1, 0.15) is 6.61 Å². The van der Waals surface area contributed by atoms with Crippen LogP contribution in [0.1, 0.15) is 206 Å². The SMILES string of the molecule is CCCCCCC=CCCCCCCCC(=O)OC[C@H](CO)OC(=O)CCCCCCCCCCCCCCCCCCC. The van der Waals surface area contributed by atoms with E-state index in [9.17, 15) is 14.7 Å². The summed E-state index contributed by atoms with van der Waals surface area (Å²) in [5.74, 6) is -0.592. The van der Waals surface area contributed by atoms with Gasteiger partial charge < -0.3 is 14.6 Å². The van der Waals surface area contributed by atoms with E-state index in [0.717, 1.165) is 44.9 Å². The molecule has 0 aliphatic rings. The third kappa shape index (κ3) is 33.5. The molecule has 1 atom stereocenters. The van der Waals surface area contributed by atoms with E-state index in [1.54, 1.807) is 0 Å². The fraction of sp³-hybridized carbons (Fsp3) is 0.897. The number of esters is 2. The molecule has 0 amide bonds. The van der Waals surface area contributed by atoms with Gasteiger partial charge in [-0.25, -0.2) is 0 Å². The molecule has 0 bridgehead atoms.